The summed E-state index contributed by atoms with van der Waals surface area (Å²) in [7, 11) is 0. The number of fused-ring (bicyclic) bond motifs is 5. The van der Waals surface area contributed by atoms with E-state index >= 15 is 0 Å². The zero-order chi connectivity index (χ0) is 18.9. The minimum Gasteiger partial charge on any atom is -0.393 e. The summed E-state index contributed by atoms with van der Waals surface area (Å²) in [6, 6.07) is 0. The predicted molar refractivity (Wildman–Crippen MR) is 94.0 cm³/mol. The highest BCUT2D eigenvalue weighted by Gasteiger charge is 2.64. The molecule has 140 valence electrons. The molecule has 0 heterocycles. The van der Waals surface area contributed by atoms with Crippen molar-refractivity contribution in [1.82, 2.24) is 0 Å². The first kappa shape index (κ1) is 17.8. The number of rotatable bonds is 2. The summed E-state index contributed by atoms with van der Waals surface area (Å²) in [4.78, 5) is 36.7. The highest BCUT2D eigenvalue weighted by Crippen LogP contribution is 2.65. The molecule has 0 aromatic carbocycles. The topological polar surface area (TPSA) is 91.7 Å². The molecule has 5 heteroatoms. The third kappa shape index (κ3) is 2.20. The lowest BCUT2D eigenvalue weighted by molar-refractivity contribution is -0.144. The lowest BCUT2D eigenvalue weighted by atomic mass is 9.46. The van der Waals surface area contributed by atoms with E-state index in [1.54, 1.807) is 12.2 Å². The highest BCUT2D eigenvalue weighted by molar-refractivity contribution is 6.05. The van der Waals surface area contributed by atoms with E-state index in [9.17, 15) is 24.6 Å². The molecule has 7 atom stereocenters. The van der Waals surface area contributed by atoms with Gasteiger partial charge in [-0.1, -0.05) is 25.5 Å². The summed E-state index contributed by atoms with van der Waals surface area (Å²) in [5.41, 5.74) is 0.101. The largest absolute Gasteiger partial charge is 0.393 e. The van der Waals surface area contributed by atoms with Crippen LogP contribution in [0.4, 0.5) is 0 Å². The lowest BCUT2D eigenvalue weighted by Crippen LogP contribution is -2.56. The van der Waals surface area contributed by atoms with Crippen LogP contribution in [0, 0.1) is 34.5 Å². The number of carbonyl (C=O) groups excluding carboxylic acids is 3. The Labute approximate surface area is 153 Å². The minimum atomic E-state index is -0.804. The van der Waals surface area contributed by atoms with Crippen molar-refractivity contribution in [2.45, 2.75) is 45.6 Å². The number of carbonyl (C=O) groups is 3. The molecule has 0 amide bonds. The van der Waals surface area contributed by atoms with Gasteiger partial charge in [0.05, 0.1) is 12.0 Å². The smallest absolute Gasteiger partial charge is 0.178 e. The van der Waals surface area contributed by atoms with Crippen molar-refractivity contribution < 1.29 is 24.6 Å². The zero-order valence-electron chi connectivity index (χ0n) is 15.3. The van der Waals surface area contributed by atoms with Crippen LogP contribution in [-0.4, -0.2) is 40.3 Å². The number of hydrogen-bond acceptors (Lipinski definition) is 5. The molecule has 26 heavy (non-hydrogen) atoms. The normalized spacial score (nSPS) is 47.1. The fourth-order valence-electron chi connectivity index (χ4n) is 6.76. The molecular formula is C21H26O5. The van der Waals surface area contributed by atoms with Gasteiger partial charge < -0.3 is 10.2 Å². The van der Waals surface area contributed by atoms with Crippen LogP contribution in [0.25, 0.3) is 0 Å². The average Bonchev–Trinajstić information content (AvgIpc) is 2.84. The number of Topliss-reactive ketones (excluding diaryl/α,β-unsaturated/α-hetero) is 2. The minimum absolute atomic E-state index is 0.00397. The summed E-state index contributed by atoms with van der Waals surface area (Å²) in [6.07, 6.45) is 6.90. The van der Waals surface area contributed by atoms with E-state index in [0.29, 0.717) is 12.8 Å². The number of allylic oxidation sites excluding steroid dienone is 4. The van der Waals surface area contributed by atoms with Crippen LogP contribution in [0.2, 0.25) is 0 Å². The standard InChI is InChI=1S/C21H26O5/c1-20-6-5-12(23)7-11(20)3-4-13-14-8-15(24)19(17(26)10-22)21(14,2)9-16(25)18(13)20/h5-7,13-14,16,18-19,22,25H,3-4,8-10H2,1-2H3/t13?,14?,16-,18?,19+,20-,21-/m0/s1. The fourth-order valence-corrected chi connectivity index (χ4v) is 6.76. The van der Waals surface area contributed by atoms with Gasteiger partial charge in [-0.3, -0.25) is 14.4 Å². The second-order valence-electron chi connectivity index (χ2n) is 9.03. The van der Waals surface area contributed by atoms with Gasteiger partial charge in [-0.15, -0.1) is 0 Å². The molecule has 4 rings (SSSR count). The van der Waals surface area contributed by atoms with Gasteiger partial charge in [0.25, 0.3) is 0 Å². The molecule has 0 aliphatic heterocycles. The molecule has 0 spiro atoms. The Bertz CT molecular complexity index is 750. The molecule has 4 aliphatic rings. The molecular weight excluding hydrogens is 332 g/mol. The van der Waals surface area contributed by atoms with E-state index in [-0.39, 0.29) is 34.7 Å². The first-order valence-electron chi connectivity index (χ1n) is 9.51. The molecule has 3 saturated carbocycles. The lowest BCUT2D eigenvalue weighted by Gasteiger charge is -2.58. The van der Waals surface area contributed by atoms with Gasteiger partial charge in [0.2, 0.25) is 0 Å². The second-order valence-corrected chi connectivity index (χ2v) is 9.03. The molecule has 3 fully saturated rings. The van der Waals surface area contributed by atoms with Crippen molar-refractivity contribution in [2.24, 2.45) is 34.5 Å². The highest BCUT2D eigenvalue weighted by atomic mass is 16.3. The number of aliphatic hydroxyl groups excluding tert-OH is 2. The van der Waals surface area contributed by atoms with E-state index in [1.807, 2.05) is 13.0 Å². The van der Waals surface area contributed by atoms with E-state index < -0.39 is 29.8 Å². The molecule has 0 radical (unpaired) electrons. The van der Waals surface area contributed by atoms with Gasteiger partial charge in [-0.25, -0.2) is 0 Å². The summed E-state index contributed by atoms with van der Waals surface area (Å²) in [6.45, 7) is 3.39. The maximum absolute atomic E-state index is 12.6. The van der Waals surface area contributed by atoms with Gasteiger partial charge in [0, 0.05) is 17.8 Å². The van der Waals surface area contributed by atoms with Crippen molar-refractivity contribution >= 4 is 17.3 Å². The molecule has 0 aromatic heterocycles. The molecule has 2 N–H and O–H groups in total. The Balaban J connectivity index is 1.75. The molecule has 0 bridgehead atoms. The quantitative estimate of drug-likeness (QED) is 0.732. The number of aliphatic hydroxyl groups is 2. The van der Waals surface area contributed by atoms with E-state index in [2.05, 4.69) is 6.92 Å². The maximum Gasteiger partial charge on any atom is 0.178 e. The van der Waals surface area contributed by atoms with Gasteiger partial charge in [-0.2, -0.15) is 0 Å². The third-order valence-electron chi connectivity index (χ3n) is 7.81. The average molecular weight is 358 g/mol. The maximum atomic E-state index is 12.6. The van der Waals surface area contributed by atoms with Gasteiger partial charge in [0.15, 0.2) is 11.6 Å². The van der Waals surface area contributed by atoms with E-state index in [0.717, 1.165) is 18.4 Å². The number of ketones is 3. The zero-order valence-corrected chi connectivity index (χ0v) is 15.3. The molecule has 3 unspecified atom stereocenters. The van der Waals surface area contributed by atoms with Crippen molar-refractivity contribution in [2.75, 3.05) is 6.61 Å². The number of hydrogen-bond donors (Lipinski definition) is 2. The summed E-state index contributed by atoms with van der Waals surface area (Å²) >= 11 is 0. The third-order valence-corrected chi connectivity index (χ3v) is 7.81. The molecule has 0 saturated heterocycles. The van der Waals surface area contributed by atoms with Crippen LogP contribution in [0.3, 0.4) is 0 Å². The van der Waals surface area contributed by atoms with Crippen LogP contribution in [0.5, 0.6) is 0 Å². The summed E-state index contributed by atoms with van der Waals surface area (Å²) in [5.74, 6) is -1.21. The van der Waals surface area contributed by atoms with Crippen molar-refractivity contribution in [3.05, 3.63) is 23.8 Å². The van der Waals surface area contributed by atoms with Gasteiger partial charge in [-0.05, 0) is 48.7 Å². The first-order valence-corrected chi connectivity index (χ1v) is 9.51. The predicted octanol–water partition coefficient (Wildman–Crippen LogP) is 1.62. The van der Waals surface area contributed by atoms with Crippen molar-refractivity contribution in [1.29, 1.82) is 0 Å². The SMILES string of the molecule is C[C@]12C=CC(=O)C=C1CCC1C2[C@@H](O)C[C@@]2(C)C1CC(=O)[C@@H]2C(=O)CO. The van der Waals surface area contributed by atoms with Crippen LogP contribution >= 0.6 is 0 Å². The monoisotopic (exact) mass is 358 g/mol. The van der Waals surface area contributed by atoms with Crippen LogP contribution in [0.15, 0.2) is 23.8 Å². The first-order chi connectivity index (χ1) is 12.2. The van der Waals surface area contributed by atoms with Crippen LogP contribution in [0.1, 0.15) is 39.5 Å². The summed E-state index contributed by atoms with van der Waals surface area (Å²) in [5, 5.41) is 20.4. The Morgan fingerprint density at radius 3 is 2.73 bits per heavy atom. The van der Waals surface area contributed by atoms with Gasteiger partial charge >= 0.3 is 0 Å². The van der Waals surface area contributed by atoms with Crippen LogP contribution in [-0.2, 0) is 14.4 Å². The molecule has 0 aromatic rings. The Morgan fingerprint density at radius 1 is 1.31 bits per heavy atom. The van der Waals surface area contributed by atoms with Crippen molar-refractivity contribution in [3.8, 4) is 0 Å². The van der Waals surface area contributed by atoms with E-state index in [1.165, 1.54) is 0 Å². The molecule has 5 nitrogen and oxygen atoms in total. The van der Waals surface area contributed by atoms with Crippen LogP contribution < -0.4 is 0 Å². The van der Waals surface area contributed by atoms with Gasteiger partial charge in [0.1, 0.15) is 12.4 Å². The Kier molecular flexibility index (Phi) is 3.90. The fraction of sp³-hybridized carbons (Fsp3) is 0.667. The Hall–Kier alpha value is -1.59. The second kappa shape index (κ2) is 5.70. The summed E-state index contributed by atoms with van der Waals surface area (Å²) < 4.78 is 0. The van der Waals surface area contributed by atoms with Crippen molar-refractivity contribution in [3.63, 3.8) is 0 Å². The Morgan fingerprint density at radius 2 is 2.04 bits per heavy atom. The molecule has 4 aliphatic carbocycles. The van der Waals surface area contributed by atoms with E-state index in [4.69, 9.17) is 0 Å².